The zero-order valence-electron chi connectivity index (χ0n) is 23.1. The van der Waals surface area contributed by atoms with E-state index in [1.807, 2.05) is 0 Å². The van der Waals surface area contributed by atoms with Gasteiger partial charge in [-0.2, -0.15) is 8.42 Å². The standard InChI is InChI=1S/C18H40O4P2.C7H6O6S/c1-5-19-9-13-23(14-10-20-6-2)17-18-24(15-11-21-7-3)16-12-22-8-4;8-6-4(7(9)10)2-1-3-5(6)14(11,12)13/h5-18H2,1-4H3;1-3,8H,(H,9,10)(H,11,12,13). The third-order valence-corrected chi connectivity index (χ3v) is 11.5. The van der Waals surface area contributed by atoms with Gasteiger partial charge in [-0.25, -0.2) is 4.79 Å². The van der Waals surface area contributed by atoms with Crippen molar-refractivity contribution in [1.82, 2.24) is 0 Å². The summed E-state index contributed by atoms with van der Waals surface area (Å²) >= 11 is 0. The molecule has 0 aromatic heterocycles. The number of para-hydroxylation sites is 1. The molecule has 0 aliphatic carbocycles. The van der Waals surface area contributed by atoms with Crippen molar-refractivity contribution in [2.75, 3.05) is 89.8 Å². The Morgan fingerprint density at radius 3 is 1.39 bits per heavy atom. The highest BCUT2D eigenvalue weighted by molar-refractivity contribution is 7.86. The van der Waals surface area contributed by atoms with E-state index in [4.69, 9.17) is 28.6 Å². The van der Waals surface area contributed by atoms with Crippen LogP contribution in [0.4, 0.5) is 0 Å². The number of aromatic carboxylic acids is 1. The summed E-state index contributed by atoms with van der Waals surface area (Å²) in [5, 5.41) is 17.7. The molecule has 0 aliphatic heterocycles. The van der Waals surface area contributed by atoms with Gasteiger partial charge in [0.05, 0.1) is 26.4 Å². The van der Waals surface area contributed by atoms with Crippen molar-refractivity contribution in [3.63, 3.8) is 0 Å². The molecule has 3 N–H and O–H groups in total. The van der Waals surface area contributed by atoms with Gasteiger partial charge < -0.3 is 29.2 Å². The molecule has 38 heavy (non-hydrogen) atoms. The minimum atomic E-state index is -4.60. The van der Waals surface area contributed by atoms with Crippen LogP contribution in [-0.4, -0.2) is 119 Å². The third kappa shape index (κ3) is 17.6. The van der Waals surface area contributed by atoms with Gasteiger partial charge in [0, 0.05) is 26.4 Å². The average Bonchev–Trinajstić information content (AvgIpc) is 2.86. The minimum Gasteiger partial charge on any atom is -0.506 e. The quantitative estimate of drug-likeness (QED) is 0.105. The fourth-order valence-corrected chi connectivity index (χ4v) is 8.97. The molecule has 0 aliphatic rings. The lowest BCUT2D eigenvalue weighted by Gasteiger charge is -2.22. The van der Waals surface area contributed by atoms with Crippen LogP contribution < -0.4 is 0 Å². The molecule has 0 unspecified atom stereocenters. The van der Waals surface area contributed by atoms with E-state index < -0.39 is 32.3 Å². The third-order valence-electron chi connectivity index (χ3n) is 5.26. The molecule has 0 spiro atoms. The van der Waals surface area contributed by atoms with Crippen molar-refractivity contribution in [1.29, 1.82) is 0 Å². The van der Waals surface area contributed by atoms with Gasteiger partial charge in [-0.05, 0) is 76.8 Å². The maximum absolute atomic E-state index is 10.6. The molecule has 0 heterocycles. The predicted octanol–water partition coefficient (Wildman–Crippen LogP) is 4.43. The van der Waals surface area contributed by atoms with E-state index in [0.29, 0.717) is 0 Å². The Labute approximate surface area is 230 Å². The number of hydrogen-bond donors (Lipinski definition) is 3. The number of aromatic hydroxyl groups is 1. The zero-order valence-corrected chi connectivity index (χ0v) is 25.7. The smallest absolute Gasteiger partial charge is 0.339 e. The first-order valence-corrected chi connectivity index (χ1v) is 18.1. The monoisotopic (exact) mass is 600 g/mol. The number of carboxylic acid groups (broad SMARTS) is 1. The maximum Gasteiger partial charge on any atom is 0.339 e. The van der Waals surface area contributed by atoms with Crippen LogP contribution in [0.5, 0.6) is 5.75 Å². The summed E-state index contributed by atoms with van der Waals surface area (Å²) in [6, 6.07) is 3.02. The first-order chi connectivity index (χ1) is 18.1. The predicted molar refractivity (Wildman–Crippen MR) is 154 cm³/mol. The molecule has 1 rings (SSSR count). The first kappa shape index (κ1) is 37.1. The van der Waals surface area contributed by atoms with Crippen molar-refractivity contribution < 1.29 is 46.9 Å². The minimum absolute atomic E-state index is 0.0310. The molecule has 1 aromatic rings. The van der Waals surface area contributed by atoms with E-state index in [1.165, 1.54) is 37.0 Å². The highest BCUT2D eigenvalue weighted by atomic mass is 32.2. The Hall–Kier alpha value is -0.900. The molecule has 10 nitrogen and oxygen atoms in total. The molecule has 0 amide bonds. The fraction of sp³-hybridized carbons (Fsp3) is 0.720. The SMILES string of the molecule is CCOCCP(CCOCC)CCP(CCOCC)CCOCC.O=C(O)c1cccc(S(=O)(=O)O)c1O. The largest absolute Gasteiger partial charge is 0.506 e. The average molecular weight is 601 g/mol. The van der Waals surface area contributed by atoms with Crippen LogP contribution in [0.3, 0.4) is 0 Å². The maximum atomic E-state index is 10.6. The number of ether oxygens (including phenoxy) is 4. The summed E-state index contributed by atoms with van der Waals surface area (Å²) < 4.78 is 52.2. The number of phenols is 1. The fourth-order valence-electron chi connectivity index (χ4n) is 3.21. The Balaban J connectivity index is 0.000000824. The molecular formula is C25H46O10P2S. The molecule has 0 radical (unpaired) electrons. The zero-order chi connectivity index (χ0) is 28.8. The Morgan fingerprint density at radius 2 is 1.11 bits per heavy atom. The summed E-state index contributed by atoms with van der Waals surface area (Å²) in [4.78, 5) is 9.64. The van der Waals surface area contributed by atoms with Crippen molar-refractivity contribution in [3.8, 4) is 5.75 Å². The Bertz CT molecular complexity index is 811. The van der Waals surface area contributed by atoms with Gasteiger partial charge in [-0.1, -0.05) is 6.07 Å². The van der Waals surface area contributed by atoms with Crippen LogP contribution in [0, 0.1) is 0 Å². The van der Waals surface area contributed by atoms with E-state index in [-0.39, 0.29) is 15.8 Å². The molecular weight excluding hydrogens is 554 g/mol. The van der Waals surface area contributed by atoms with Gasteiger partial charge in [-0.15, -0.1) is 15.8 Å². The van der Waals surface area contributed by atoms with Crippen LogP contribution in [-0.2, 0) is 29.1 Å². The first-order valence-electron chi connectivity index (χ1n) is 12.9. The lowest BCUT2D eigenvalue weighted by molar-refractivity contribution is 0.0693. The van der Waals surface area contributed by atoms with Crippen molar-refractivity contribution >= 4 is 31.9 Å². The van der Waals surface area contributed by atoms with Crippen LogP contribution in [0.1, 0.15) is 38.1 Å². The van der Waals surface area contributed by atoms with Gasteiger partial charge in [0.1, 0.15) is 10.5 Å². The number of benzene rings is 1. The lowest BCUT2D eigenvalue weighted by Crippen LogP contribution is -2.11. The van der Waals surface area contributed by atoms with Gasteiger partial charge in [0.15, 0.2) is 5.75 Å². The van der Waals surface area contributed by atoms with Crippen LogP contribution in [0.15, 0.2) is 23.1 Å². The summed E-state index contributed by atoms with van der Waals surface area (Å²) in [7, 11) is -4.54. The lowest BCUT2D eigenvalue weighted by atomic mass is 10.2. The summed E-state index contributed by atoms with van der Waals surface area (Å²) in [5.41, 5.74) is -0.583. The second-order valence-corrected chi connectivity index (χ2v) is 14.7. The molecule has 0 saturated heterocycles. The second-order valence-electron chi connectivity index (χ2n) is 7.90. The Kier molecular flexibility index (Phi) is 22.3. The number of rotatable bonds is 21. The van der Waals surface area contributed by atoms with Gasteiger partial charge >= 0.3 is 5.97 Å². The van der Waals surface area contributed by atoms with Gasteiger partial charge in [-0.3, -0.25) is 4.55 Å². The summed E-state index contributed by atoms with van der Waals surface area (Å²) in [6.07, 6.45) is 7.57. The molecule has 1 aromatic carbocycles. The van der Waals surface area contributed by atoms with E-state index in [2.05, 4.69) is 27.7 Å². The van der Waals surface area contributed by atoms with E-state index in [1.54, 1.807) is 0 Å². The molecule has 0 saturated carbocycles. The van der Waals surface area contributed by atoms with Crippen molar-refractivity contribution in [2.24, 2.45) is 0 Å². The summed E-state index contributed by atoms with van der Waals surface area (Å²) in [5.74, 6) is -2.45. The second kappa shape index (κ2) is 22.9. The molecule has 222 valence electrons. The highest BCUT2D eigenvalue weighted by Crippen LogP contribution is 2.42. The van der Waals surface area contributed by atoms with Crippen LogP contribution in [0.25, 0.3) is 0 Å². The van der Waals surface area contributed by atoms with E-state index in [0.717, 1.165) is 71.1 Å². The Morgan fingerprint density at radius 1 is 0.737 bits per heavy atom. The molecule has 0 bridgehead atoms. The molecule has 0 atom stereocenters. The van der Waals surface area contributed by atoms with Crippen molar-refractivity contribution in [3.05, 3.63) is 23.8 Å². The van der Waals surface area contributed by atoms with Gasteiger partial charge in [0.2, 0.25) is 0 Å². The number of carbonyl (C=O) groups is 1. The number of carboxylic acids is 1. The highest BCUT2D eigenvalue weighted by Gasteiger charge is 2.20. The topological polar surface area (TPSA) is 149 Å². The molecule has 0 fully saturated rings. The normalized spacial score (nSPS) is 11.6. The van der Waals surface area contributed by atoms with Crippen LogP contribution in [0.2, 0.25) is 0 Å². The van der Waals surface area contributed by atoms with Crippen LogP contribution >= 0.6 is 15.8 Å². The van der Waals surface area contributed by atoms with Gasteiger partial charge in [0.25, 0.3) is 10.1 Å². The van der Waals surface area contributed by atoms with E-state index in [9.17, 15) is 18.3 Å². The number of hydrogen-bond acceptors (Lipinski definition) is 8. The summed E-state index contributed by atoms with van der Waals surface area (Å²) in [6.45, 7) is 15.2. The van der Waals surface area contributed by atoms with Crippen molar-refractivity contribution in [2.45, 2.75) is 32.6 Å². The van der Waals surface area contributed by atoms with E-state index >= 15 is 0 Å². The molecule has 13 heteroatoms.